The van der Waals surface area contributed by atoms with Gasteiger partial charge in [-0.3, -0.25) is 0 Å². The maximum atomic E-state index is 5.33. The Bertz CT molecular complexity index is 677. The van der Waals surface area contributed by atoms with Crippen molar-refractivity contribution >= 4 is 34.4 Å². The standard InChI is InChI=1S/C17H17N3OS/c1-3-12-18-15-6-4-5-7-16(15)20-17(22)19-13-8-10-14(21-2)11-9-13/h1,4-11,18H,12H2,2H3,(H2,19,20,22). The monoisotopic (exact) mass is 311 g/mol. The van der Waals surface area contributed by atoms with Crippen molar-refractivity contribution in [2.75, 3.05) is 29.6 Å². The van der Waals surface area contributed by atoms with E-state index in [0.29, 0.717) is 11.7 Å². The molecule has 2 rings (SSSR count). The summed E-state index contributed by atoms with van der Waals surface area (Å²) in [7, 11) is 1.63. The average molecular weight is 311 g/mol. The number of ether oxygens (including phenoxy) is 1. The van der Waals surface area contributed by atoms with Gasteiger partial charge in [0.1, 0.15) is 5.75 Å². The Labute approximate surface area is 135 Å². The number of para-hydroxylation sites is 2. The van der Waals surface area contributed by atoms with Gasteiger partial charge in [-0.2, -0.15) is 0 Å². The van der Waals surface area contributed by atoms with E-state index in [1.54, 1.807) is 7.11 Å². The van der Waals surface area contributed by atoms with Crippen LogP contribution in [-0.2, 0) is 0 Å². The third kappa shape index (κ3) is 4.40. The molecule has 0 unspecified atom stereocenters. The van der Waals surface area contributed by atoms with Crippen molar-refractivity contribution in [1.82, 2.24) is 0 Å². The molecule has 0 bridgehead atoms. The molecule has 0 aliphatic rings. The molecule has 0 spiro atoms. The summed E-state index contributed by atoms with van der Waals surface area (Å²) >= 11 is 5.33. The molecule has 112 valence electrons. The molecule has 0 atom stereocenters. The molecule has 22 heavy (non-hydrogen) atoms. The summed E-state index contributed by atoms with van der Waals surface area (Å²) in [4.78, 5) is 0. The number of methoxy groups -OCH3 is 1. The zero-order valence-electron chi connectivity index (χ0n) is 12.2. The lowest BCUT2D eigenvalue weighted by Crippen LogP contribution is -2.20. The molecular weight excluding hydrogens is 294 g/mol. The molecule has 2 aromatic carbocycles. The first-order chi connectivity index (χ1) is 10.7. The average Bonchev–Trinajstić information content (AvgIpc) is 2.54. The second-order valence-electron chi connectivity index (χ2n) is 4.41. The van der Waals surface area contributed by atoms with Crippen LogP contribution in [0.25, 0.3) is 0 Å². The van der Waals surface area contributed by atoms with Gasteiger partial charge in [0.15, 0.2) is 5.11 Å². The van der Waals surface area contributed by atoms with Crippen molar-refractivity contribution in [2.24, 2.45) is 0 Å². The lowest BCUT2D eigenvalue weighted by atomic mass is 10.2. The maximum Gasteiger partial charge on any atom is 0.175 e. The Hall–Kier alpha value is -2.71. The van der Waals surface area contributed by atoms with E-state index in [0.717, 1.165) is 22.8 Å². The van der Waals surface area contributed by atoms with E-state index in [4.69, 9.17) is 23.4 Å². The number of anilines is 3. The van der Waals surface area contributed by atoms with Crippen molar-refractivity contribution in [2.45, 2.75) is 0 Å². The van der Waals surface area contributed by atoms with E-state index >= 15 is 0 Å². The molecule has 0 fully saturated rings. The molecule has 0 amide bonds. The predicted molar refractivity (Wildman–Crippen MR) is 96.6 cm³/mol. The predicted octanol–water partition coefficient (Wildman–Crippen LogP) is 3.55. The summed E-state index contributed by atoms with van der Waals surface area (Å²) in [5, 5.41) is 9.92. The molecular formula is C17H17N3OS. The normalized spacial score (nSPS) is 9.45. The summed E-state index contributed by atoms with van der Waals surface area (Å²) in [5.41, 5.74) is 2.65. The van der Waals surface area contributed by atoms with Gasteiger partial charge in [-0.05, 0) is 48.6 Å². The van der Waals surface area contributed by atoms with Crippen LogP contribution in [-0.4, -0.2) is 18.8 Å². The van der Waals surface area contributed by atoms with Crippen LogP contribution in [0.2, 0.25) is 0 Å². The van der Waals surface area contributed by atoms with Gasteiger partial charge in [0.25, 0.3) is 0 Å². The van der Waals surface area contributed by atoms with E-state index in [1.807, 2.05) is 48.5 Å². The van der Waals surface area contributed by atoms with Crippen molar-refractivity contribution in [1.29, 1.82) is 0 Å². The molecule has 0 heterocycles. The molecule has 0 aromatic heterocycles. The Morgan fingerprint density at radius 1 is 1.09 bits per heavy atom. The highest BCUT2D eigenvalue weighted by molar-refractivity contribution is 7.80. The highest BCUT2D eigenvalue weighted by Gasteiger charge is 2.03. The molecule has 0 aliphatic carbocycles. The van der Waals surface area contributed by atoms with E-state index < -0.39 is 0 Å². The number of hydrogen-bond acceptors (Lipinski definition) is 3. The van der Waals surface area contributed by atoms with Gasteiger partial charge < -0.3 is 20.7 Å². The largest absolute Gasteiger partial charge is 0.497 e. The van der Waals surface area contributed by atoms with E-state index in [-0.39, 0.29) is 0 Å². The summed E-state index contributed by atoms with van der Waals surface area (Å²) < 4.78 is 5.12. The molecule has 0 radical (unpaired) electrons. The lowest BCUT2D eigenvalue weighted by molar-refractivity contribution is 0.415. The fraction of sp³-hybridized carbons (Fsp3) is 0.118. The topological polar surface area (TPSA) is 45.3 Å². The minimum Gasteiger partial charge on any atom is -0.497 e. The van der Waals surface area contributed by atoms with Crippen LogP contribution in [0.1, 0.15) is 0 Å². The molecule has 2 aromatic rings. The number of terminal acetylenes is 1. The highest BCUT2D eigenvalue weighted by atomic mass is 32.1. The summed E-state index contributed by atoms with van der Waals surface area (Å²) in [6.45, 7) is 0.456. The lowest BCUT2D eigenvalue weighted by Gasteiger charge is -2.14. The smallest absolute Gasteiger partial charge is 0.175 e. The van der Waals surface area contributed by atoms with E-state index in [9.17, 15) is 0 Å². The van der Waals surface area contributed by atoms with Crippen molar-refractivity contribution in [3.8, 4) is 18.1 Å². The van der Waals surface area contributed by atoms with Crippen molar-refractivity contribution < 1.29 is 4.74 Å². The van der Waals surface area contributed by atoms with Crippen LogP contribution in [0.3, 0.4) is 0 Å². The third-order valence-electron chi connectivity index (χ3n) is 2.90. The van der Waals surface area contributed by atoms with Gasteiger partial charge in [0, 0.05) is 5.69 Å². The Kier molecular flexibility index (Phi) is 5.64. The first-order valence-corrected chi connectivity index (χ1v) is 7.12. The second kappa shape index (κ2) is 7.91. The van der Waals surface area contributed by atoms with E-state index in [2.05, 4.69) is 21.9 Å². The summed E-state index contributed by atoms with van der Waals surface area (Å²) in [6.07, 6.45) is 5.27. The molecule has 0 aliphatic heterocycles. The number of hydrogen-bond donors (Lipinski definition) is 3. The van der Waals surface area contributed by atoms with Gasteiger partial charge in [-0.25, -0.2) is 0 Å². The zero-order valence-corrected chi connectivity index (χ0v) is 13.0. The van der Waals surface area contributed by atoms with Crippen molar-refractivity contribution in [3.05, 3.63) is 48.5 Å². The number of thiocarbonyl (C=S) groups is 1. The number of rotatable bonds is 5. The van der Waals surface area contributed by atoms with Gasteiger partial charge >= 0.3 is 0 Å². The fourth-order valence-corrected chi connectivity index (χ4v) is 2.08. The number of nitrogens with one attached hydrogen (secondary N) is 3. The minimum atomic E-state index is 0.456. The van der Waals surface area contributed by atoms with Crippen LogP contribution >= 0.6 is 12.2 Å². The van der Waals surface area contributed by atoms with Crippen LogP contribution in [0, 0.1) is 12.3 Å². The first-order valence-electron chi connectivity index (χ1n) is 6.71. The first kappa shape index (κ1) is 15.7. The SMILES string of the molecule is C#CCNc1ccccc1NC(=S)Nc1ccc(OC)cc1. The molecule has 0 saturated carbocycles. The van der Waals surface area contributed by atoms with Gasteiger partial charge in [0.05, 0.1) is 25.0 Å². The summed E-state index contributed by atoms with van der Waals surface area (Å²) in [6, 6.07) is 15.3. The second-order valence-corrected chi connectivity index (χ2v) is 4.82. The Morgan fingerprint density at radius 3 is 2.41 bits per heavy atom. The third-order valence-corrected chi connectivity index (χ3v) is 3.11. The number of benzene rings is 2. The summed E-state index contributed by atoms with van der Waals surface area (Å²) in [5.74, 6) is 3.35. The molecule has 4 nitrogen and oxygen atoms in total. The minimum absolute atomic E-state index is 0.456. The van der Waals surface area contributed by atoms with Gasteiger partial charge in [-0.1, -0.05) is 18.1 Å². The van der Waals surface area contributed by atoms with Crippen LogP contribution in [0.15, 0.2) is 48.5 Å². The van der Waals surface area contributed by atoms with Crippen LogP contribution in [0.4, 0.5) is 17.1 Å². The fourth-order valence-electron chi connectivity index (χ4n) is 1.85. The molecule has 5 heteroatoms. The van der Waals surface area contributed by atoms with Gasteiger partial charge in [0.2, 0.25) is 0 Å². The van der Waals surface area contributed by atoms with Crippen LogP contribution in [0.5, 0.6) is 5.75 Å². The quantitative estimate of drug-likeness (QED) is 0.582. The van der Waals surface area contributed by atoms with Crippen molar-refractivity contribution in [3.63, 3.8) is 0 Å². The Morgan fingerprint density at radius 2 is 1.77 bits per heavy atom. The zero-order chi connectivity index (χ0) is 15.8. The van der Waals surface area contributed by atoms with E-state index in [1.165, 1.54) is 0 Å². The highest BCUT2D eigenvalue weighted by Crippen LogP contribution is 2.21. The Balaban J connectivity index is 2.01. The maximum absolute atomic E-state index is 5.33. The molecule has 3 N–H and O–H groups in total. The molecule has 0 saturated heterocycles. The van der Waals surface area contributed by atoms with Crippen LogP contribution < -0.4 is 20.7 Å². The van der Waals surface area contributed by atoms with Gasteiger partial charge in [-0.15, -0.1) is 6.42 Å².